The van der Waals surface area contributed by atoms with Crippen molar-refractivity contribution in [2.24, 2.45) is 11.3 Å². The monoisotopic (exact) mass is 209 g/mol. The minimum atomic E-state index is 0.334. The second-order valence-electron chi connectivity index (χ2n) is 5.27. The third-order valence-corrected chi connectivity index (χ3v) is 3.40. The fourth-order valence-corrected chi connectivity index (χ4v) is 1.29. The van der Waals surface area contributed by atoms with Crippen LogP contribution in [0.5, 0.6) is 0 Å². The summed E-state index contributed by atoms with van der Waals surface area (Å²) in [4.78, 5) is 0. The number of furan rings is 1. The van der Waals surface area contributed by atoms with Crippen LogP contribution in [0.3, 0.4) is 0 Å². The minimum absolute atomic E-state index is 0.334. The van der Waals surface area contributed by atoms with E-state index in [0.29, 0.717) is 11.3 Å². The predicted molar refractivity (Wildman–Crippen MR) is 63.8 cm³/mol. The second kappa shape index (κ2) is 4.84. The first-order valence-corrected chi connectivity index (χ1v) is 5.67. The van der Waals surface area contributed by atoms with Gasteiger partial charge in [-0.2, -0.15) is 0 Å². The van der Waals surface area contributed by atoms with Crippen LogP contribution in [0.2, 0.25) is 0 Å². The molecule has 0 aliphatic rings. The molecule has 0 atom stereocenters. The molecule has 0 aliphatic carbocycles. The highest BCUT2D eigenvalue weighted by molar-refractivity contribution is 5.14. The van der Waals surface area contributed by atoms with Crippen molar-refractivity contribution in [3.05, 3.63) is 23.7 Å². The number of rotatable bonds is 5. The molecule has 0 spiro atoms. The van der Waals surface area contributed by atoms with Gasteiger partial charge in [0.2, 0.25) is 0 Å². The molecule has 0 aliphatic heterocycles. The van der Waals surface area contributed by atoms with Crippen LogP contribution in [0.1, 0.15) is 39.0 Å². The average molecular weight is 209 g/mol. The normalized spacial score (nSPS) is 12.4. The van der Waals surface area contributed by atoms with E-state index in [4.69, 9.17) is 4.42 Å². The van der Waals surface area contributed by atoms with E-state index in [0.717, 1.165) is 18.8 Å². The van der Waals surface area contributed by atoms with Crippen LogP contribution in [-0.2, 0) is 6.54 Å². The van der Waals surface area contributed by atoms with Crippen molar-refractivity contribution in [3.8, 4) is 0 Å². The molecule has 1 heterocycles. The van der Waals surface area contributed by atoms with E-state index in [1.54, 1.807) is 6.26 Å². The van der Waals surface area contributed by atoms with Crippen LogP contribution >= 0.6 is 0 Å². The number of hydrogen-bond donors (Lipinski definition) is 1. The summed E-state index contributed by atoms with van der Waals surface area (Å²) in [5.41, 5.74) is 1.56. The van der Waals surface area contributed by atoms with Gasteiger partial charge in [0.1, 0.15) is 5.76 Å². The fourth-order valence-electron chi connectivity index (χ4n) is 1.29. The van der Waals surface area contributed by atoms with Crippen molar-refractivity contribution < 1.29 is 4.42 Å². The largest absolute Gasteiger partial charge is 0.468 e. The Labute approximate surface area is 93.1 Å². The Hall–Kier alpha value is -0.760. The van der Waals surface area contributed by atoms with Gasteiger partial charge >= 0.3 is 0 Å². The molecule has 0 bridgehead atoms. The van der Waals surface area contributed by atoms with Crippen molar-refractivity contribution in [1.82, 2.24) is 5.32 Å². The molecule has 0 amide bonds. The molecular weight excluding hydrogens is 186 g/mol. The molecule has 0 unspecified atom stereocenters. The van der Waals surface area contributed by atoms with Gasteiger partial charge in [-0.1, -0.05) is 27.7 Å². The third kappa shape index (κ3) is 3.38. The van der Waals surface area contributed by atoms with Gasteiger partial charge in [0.05, 0.1) is 12.8 Å². The Morgan fingerprint density at radius 2 is 2.07 bits per heavy atom. The van der Waals surface area contributed by atoms with Gasteiger partial charge in [-0.3, -0.25) is 0 Å². The summed E-state index contributed by atoms with van der Waals surface area (Å²) >= 11 is 0. The van der Waals surface area contributed by atoms with Crippen LogP contribution in [0.4, 0.5) is 0 Å². The highest BCUT2D eigenvalue weighted by atomic mass is 16.3. The van der Waals surface area contributed by atoms with Gasteiger partial charge in [0.25, 0.3) is 0 Å². The molecule has 0 radical (unpaired) electrons. The van der Waals surface area contributed by atoms with Crippen molar-refractivity contribution >= 4 is 0 Å². The van der Waals surface area contributed by atoms with E-state index >= 15 is 0 Å². The third-order valence-electron chi connectivity index (χ3n) is 3.40. The summed E-state index contributed by atoms with van der Waals surface area (Å²) < 4.78 is 5.38. The molecule has 0 saturated heterocycles. The Morgan fingerprint density at radius 1 is 1.40 bits per heavy atom. The molecule has 1 aromatic heterocycles. The van der Waals surface area contributed by atoms with Gasteiger partial charge < -0.3 is 9.73 Å². The zero-order valence-electron chi connectivity index (χ0n) is 10.6. The first kappa shape index (κ1) is 12.3. The quantitative estimate of drug-likeness (QED) is 0.804. The van der Waals surface area contributed by atoms with Crippen molar-refractivity contribution in [2.45, 2.75) is 41.2 Å². The molecule has 1 N–H and O–H groups in total. The van der Waals surface area contributed by atoms with Gasteiger partial charge in [0, 0.05) is 6.54 Å². The lowest BCUT2D eigenvalue weighted by molar-refractivity contribution is 0.235. The lowest BCUT2D eigenvalue weighted by Crippen LogP contribution is -2.33. The summed E-state index contributed by atoms with van der Waals surface area (Å²) in [6.45, 7) is 13.0. The molecular formula is C13H23NO. The Bertz CT molecular complexity index is 299. The van der Waals surface area contributed by atoms with Crippen LogP contribution in [0, 0.1) is 18.3 Å². The smallest absolute Gasteiger partial charge is 0.120 e. The first-order valence-electron chi connectivity index (χ1n) is 5.67. The molecule has 86 valence electrons. The minimum Gasteiger partial charge on any atom is -0.468 e. The standard InChI is InChI=1S/C13H23NO/c1-10(2)13(4,5)9-14-8-12-11(3)6-7-15-12/h6-7,10,14H,8-9H2,1-5H3. The van der Waals surface area contributed by atoms with Crippen molar-refractivity contribution in [3.63, 3.8) is 0 Å². The fraction of sp³-hybridized carbons (Fsp3) is 0.692. The summed E-state index contributed by atoms with van der Waals surface area (Å²) in [5.74, 6) is 1.73. The maximum atomic E-state index is 5.38. The molecule has 2 heteroatoms. The number of hydrogen-bond acceptors (Lipinski definition) is 2. The molecule has 15 heavy (non-hydrogen) atoms. The molecule has 0 fully saturated rings. The highest BCUT2D eigenvalue weighted by Gasteiger charge is 2.21. The maximum Gasteiger partial charge on any atom is 0.120 e. The van der Waals surface area contributed by atoms with Gasteiger partial charge in [-0.15, -0.1) is 0 Å². The molecule has 1 aromatic rings. The number of nitrogens with one attached hydrogen (secondary N) is 1. The predicted octanol–water partition coefficient (Wildman–Crippen LogP) is 3.36. The second-order valence-corrected chi connectivity index (χ2v) is 5.27. The van der Waals surface area contributed by atoms with Crippen LogP contribution < -0.4 is 5.32 Å². The van der Waals surface area contributed by atoms with E-state index in [-0.39, 0.29) is 0 Å². The van der Waals surface area contributed by atoms with Crippen LogP contribution in [-0.4, -0.2) is 6.54 Å². The van der Waals surface area contributed by atoms with Crippen molar-refractivity contribution in [1.29, 1.82) is 0 Å². The van der Waals surface area contributed by atoms with E-state index < -0.39 is 0 Å². The Morgan fingerprint density at radius 3 is 2.53 bits per heavy atom. The summed E-state index contributed by atoms with van der Waals surface area (Å²) in [6.07, 6.45) is 1.75. The average Bonchev–Trinajstić information content (AvgIpc) is 2.51. The van der Waals surface area contributed by atoms with E-state index in [1.165, 1.54) is 5.56 Å². The van der Waals surface area contributed by atoms with E-state index in [2.05, 4.69) is 39.9 Å². The van der Waals surface area contributed by atoms with Crippen LogP contribution in [0.15, 0.2) is 16.7 Å². The molecule has 0 aromatic carbocycles. The topological polar surface area (TPSA) is 25.2 Å². The zero-order chi connectivity index (χ0) is 11.5. The SMILES string of the molecule is Cc1ccoc1CNCC(C)(C)C(C)C. The molecule has 0 saturated carbocycles. The summed E-state index contributed by atoms with van der Waals surface area (Å²) in [7, 11) is 0. The summed E-state index contributed by atoms with van der Waals surface area (Å²) in [5, 5.41) is 3.46. The first-order chi connectivity index (χ1) is 6.93. The van der Waals surface area contributed by atoms with Gasteiger partial charge in [-0.05, 0) is 29.9 Å². The maximum absolute atomic E-state index is 5.38. The number of aryl methyl sites for hydroxylation is 1. The van der Waals surface area contributed by atoms with E-state index in [9.17, 15) is 0 Å². The van der Waals surface area contributed by atoms with E-state index in [1.807, 2.05) is 6.07 Å². The lowest BCUT2D eigenvalue weighted by atomic mass is 9.81. The Balaban J connectivity index is 2.37. The molecule has 2 nitrogen and oxygen atoms in total. The summed E-state index contributed by atoms with van der Waals surface area (Å²) in [6, 6.07) is 2.00. The van der Waals surface area contributed by atoms with Crippen molar-refractivity contribution in [2.75, 3.05) is 6.54 Å². The van der Waals surface area contributed by atoms with Gasteiger partial charge in [-0.25, -0.2) is 0 Å². The molecule has 1 rings (SSSR count). The zero-order valence-corrected chi connectivity index (χ0v) is 10.6. The van der Waals surface area contributed by atoms with Gasteiger partial charge in [0.15, 0.2) is 0 Å². The van der Waals surface area contributed by atoms with Crippen LogP contribution in [0.25, 0.3) is 0 Å². The highest BCUT2D eigenvalue weighted by Crippen LogP contribution is 2.24. The lowest BCUT2D eigenvalue weighted by Gasteiger charge is -2.29. The Kier molecular flexibility index (Phi) is 3.97.